The third-order valence-electron chi connectivity index (χ3n) is 3.93. The molecular formula is C14H19BO4S. The van der Waals surface area contributed by atoms with Gasteiger partial charge in [0.2, 0.25) is 0 Å². The van der Waals surface area contributed by atoms with Gasteiger partial charge in [-0.2, -0.15) is 11.3 Å². The normalized spacial score (nSPS) is 21.2. The van der Waals surface area contributed by atoms with Gasteiger partial charge in [-0.05, 0) is 44.1 Å². The van der Waals surface area contributed by atoms with Crippen LogP contribution < -0.4 is 0 Å². The van der Waals surface area contributed by atoms with Gasteiger partial charge in [-0.25, -0.2) is 0 Å². The molecule has 0 aromatic carbocycles. The Labute approximate surface area is 123 Å². The van der Waals surface area contributed by atoms with E-state index in [1.54, 1.807) is 11.5 Å². The molecule has 1 aromatic heterocycles. The zero-order chi connectivity index (χ0) is 15.0. The lowest BCUT2D eigenvalue weighted by Crippen LogP contribution is -2.41. The van der Waals surface area contributed by atoms with Crippen molar-refractivity contribution in [3.63, 3.8) is 0 Å². The van der Waals surface area contributed by atoms with Crippen LogP contribution in [0.3, 0.4) is 0 Å². The Bertz CT molecular complexity index is 517. The van der Waals surface area contributed by atoms with Crippen molar-refractivity contribution in [2.24, 2.45) is 0 Å². The minimum absolute atomic E-state index is 0.176. The molecule has 1 saturated heterocycles. The van der Waals surface area contributed by atoms with Crippen LogP contribution in [0.2, 0.25) is 0 Å². The van der Waals surface area contributed by atoms with Gasteiger partial charge in [0.1, 0.15) is 0 Å². The Kier molecular flexibility index (Phi) is 4.20. The molecule has 0 atom stereocenters. The largest absolute Gasteiger partial charge is 0.492 e. The molecular weight excluding hydrogens is 275 g/mol. The SMILES string of the molecule is CC1(C)OB(C(=Cc2cscc2C=O)CO)OC1(C)C. The van der Waals surface area contributed by atoms with Crippen LogP contribution >= 0.6 is 11.3 Å². The zero-order valence-electron chi connectivity index (χ0n) is 12.2. The van der Waals surface area contributed by atoms with Crippen molar-refractivity contribution in [3.05, 3.63) is 27.4 Å². The van der Waals surface area contributed by atoms with Crippen molar-refractivity contribution in [1.82, 2.24) is 0 Å². The first-order valence-corrected chi connectivity index (χ1v) is 7.43. The maximum atomic E-state index is 10.9. The third kappa shape index (κ3) is 2.74. The maximum Gasteiger partial charge on any atom is 0.492 e. The van der Waals surface area contributed by atoms with E-state index in [1.807, 2.05) is 33.1 Å². The molecule has 1 fully saturated rings. The molecule has 1 aromatic rings. The monoisotopic (exact) mass is 294 g/mol. The van der Waals surface area contributed by atoms with Gasteiger partial charge >= 0.3 is 7.12 Å². The molecule has 0 amide bonds. The van der Waals surface area contributed by atoms with Crippen LogP contribution in [0.15, 0.2) is 16.2 Å². The fourth-order valence-corrected chi connectivity index (χ4v) is 2.67. The van der Waals surface area contributed by atoms with Crippen molar-refractivity contribution in [1.29, 1.82) is 0 Å². The highest BCUT2D eigenvalue weighted by Gasteiger charge is 2.52. The molecule has 0 spiro atoms. The highest BCUT2D eigenvalue weighted by atomic mass is 32.1. The van der Waals surface area contributed by atoms with Crippen molar-refractivity contribution in [2.75, 3.05) is 6.61 Å². The fraction of sp³-hybridized carbons (Fsp3) is 0.500. The van der Waals surface area contributed by atoms with E-state index in [-0.39, 0.29) is 6.61 Å². The molecule has 0 bridgehead atoms. The number of carbonyl (C=O) groups is 1. The Balaban J connectivity index is 2.29. The fourth-order valence-electron chi connectivity index (χ4n) is 1.91. The van der Waals surface area contributed by atoms with E-state index in [1.165, 1.54) is 11.3 Å². The molecule has 0 aliphatic carbocycles. The van der Waals surface area contributed by atoms with Gasteiger partial charge in [-0.1, -0.05) is 6.08 Å². The molecule has 20 heavy (non-hydrogen) atoms. The number of hydrogen-bond acceptors (Lipinski definition) is 5. The van der Waals surface area contributed by atoms with Crippen LogP contribution in [0.25, 0.3) is 6.08 Å². The van der Waals surface area contributed by atoms with E-state index in [2.05, 4.69) is 0 Å². The second kappa shape index (κ2) is 5.45. The Morgan fingerprint density at radius 1 is 1.25 bits per heavy atom. The van der Waals surface area contributed by atoms with Crippen LogP contribution in [0.5, 0.6) is 0 Å². The number of carbonyl (C=O) groups excluding carboxylic acids is 1. The van der Waals surface area contributed by atoms with Gasteiger partial charge in [0, 0.05) is 10.9 Å². The summed E-state index contributed by atoms with van der Waals surface area (Å²) in [5, 5.41) is 13.2. The highest BCUT2D eigenvalue weighted by Crippen LogP contribution is 2.38. The first-order valence-electron chi connectivity index (χ1n) is 6.49. The molecule has 0 saturated carbocycles. The number of aldehydes is 1. The zero-order valence-corrected chi connectivity index (χ0v) is 13.0. The van der Waals surface area contributed by atoms with Gasteiger partial charge in [0.15, 0.2) is 6.29 Å². The van der Waals surface area contributed by atoms with Crippen LogP contribution in [0, 0.1) is 0 Å². The minimum Gasteiger partial charge on any atom is -0.400 e. The summed E-state index contributed by atoms with van der Waals surface area (Å²) in [5.41, 5.74) is 1.11. The number of aliphatic hydroxyl groups excluding tert-OH is 1. The van der Waals surface area contributed by atoms with E-state index >= 15 is 0 Å². The van der Waals surface area contributed by atoms with E-state index in [9.17, 15) is 9.90 Å². The van der Waals surface area contributed by atoms with Crippen LogP contribution in [-0.4, -0.2) is 36.3 Å². The molecule has 1 aliphatic heterocycles. The van der Waals surface area contributed by atoms with Crippen LogP contribution in [0.1, 0.15) is 43.6 Å². The Hall–Kier alpha value is -0.945. The number of hydrogen-bond donors (Lipinski definition) is 1. The number of thiophene rings is 1. The lowest BCUT2D eigenvalue weighted by atomic mass is 9.77. The standard InChI is InChI=1S/C14H19BO4S/c1-13(2)14(3,4)19-15(18-13)12(7-17)5-10-8-20-9-11(10)6-16/h5-6,8-9,17H,7H2,1-4H3. The van der Waals surface area contributed by atoms with Crippen molar-refractivity contribution < 1.29 is 19.2 Å². The number of aliphatic hydroxyl groups is 1. The summed E-state index contributed by atoms with van der Waals surface area (Å²) in [6.45, 7) is 7.67. The lowest BCUT2D eigenvalue weighted by molar-refractivity contribution is 0.00578. The van der Waals surface area contributed by atoms with Gasteiger partial charge in [0.05, 0.1) is 17.8 Å². The minimum atomic E-state index is -0.593. The molecule has 0 unspecified atom stereocenters. The van der Waals surface area contributed by atoms with E-state index in [4.69, 9.17) is 9.31 Å². The van der Waals surface area contributed by atoms with Crippen molar-refractivity contribution >= 4 is 30.8 Å². The molecule has 108 valence electrons. The third-order valence-corrected chi connectivity index (χ3v) is 4.71. The maximum absolute atomic E-state index is 10.9. The summed E-state index contributed by atoms with van der Waals surface area (Å²) >= 11 is 1.45. The summed E-state index contributed by atoms with van der Waals surface area (Å²) in [4.78, 5) is 10.9. The average Bonchev–Trinajstić information content (AvgIpc) is 2.88. The summed E-state index contributed by atoms with van der Waals surface area (Å²) in [7, 11) is -0.593. The second-order valence-electron chi connectivity index (χ2n) is 5.87. The summed E-state index contributed by atoms with van der Waals surface area (Å²) in [6.07, 6.45) is 2.57. The van der Waals surface area contributed by atoms with Gasteiger partial charge in [-0.15, -0.1) is 0 Å². The topological polar surface area (TPSA) is 55.8 Å². The number of rotatable bonds is 4. The lowest BCUT2D eigenvalue weighted by Gasteiger charge is -2.32. The van der Waals surface area contributed by atoms with Crippen LogP contribution in [0.4, 0.5) is 0 Å². The smallest absolute Gasteiger partial charge is 0.400 e. The van der Waals surface area contributed by atoms with E-state index in [0.717, 1.165) is 11.8 Å². The predicted octanol–water partition coefficient (Wildman–Crippen LogP) is 2.57. The summed E-state index contributed by atoms with van der Waals surface area (Å²) < 4.78 is 11.8. The molecule has 2 rings (SSSR count). The summed E-state index contributed by atoms with van der Waals surface area (Å²) in [5.74, 6) is 0. The van der Waals surface area contributed by atoms with Crippen molar-refractivity contribution in [3.8, 4) is 0 Å². The van der Waals surface area contributed by atoms with Crippen molar-refractivity contribution in [2.45, 2.75) is 38.9 Å². The Morgan fingerprint density at radius 3 is 2.30 bits per heavy atom. The molecule has 1 N–H and O–H groups in total. The molecule has 2 heterocycles. The first-order chi connectivity index (χ1) is 9.30. The van der Waals surface area contributed by atoms with E-state index in [0.29, 0.717) is 11.0 Å². The second-order valence-corrected chi connectivity index (χ2v) is 6.61. The van der Waals surface area contributed by atoms with Gasteiger partial charge in [0.25, 0.3) is 0 Å². The average molecular weight is 294 g/mol. The molecule has 6 heteroatoms. The quantitative estimate of drug-likeness (QED) is 0.685. The summed E-state index contributed by atoms with van der Waals surface area (Å²) in [6, 6.07) is 0. The van der Waals surface area contributed by atoms with Gasteiger partial charge in [-0.3, -0.25) is 4.79 Å². The van der Waals surface area contributed by atoms with Crippen LogP contribution in [-0.2, 0) is 9.31 Å². The molecule has 0 radical (unpaired) electrons. The molecule has 4 nitrogen and oxygen atoms in total. The first kappa shape index (κ1) is 15.4. The Morgan fingerprint density at radius 2 is 1.80 bits per heavy atom. The van der Waals surface area contributed by atoms with E-state index < -0.39 is 18.3 Å². The molecule has 1 aliphatic rings. The predicted molar refractivity (Wildman–Crippen MR) is 80.9 cm³/mol. The highest BCUT2D eigenvalue weighted by molar-refractivity contribution is 7.08. The van der Waals surface area contributed by atoms with Gasteiger partial charge < -0.3 is 14.4 Å².